The van der Waals surface area contributed by atoms with Gasteiger partial charge in [-0.15, -0.1) is 11.3 Å². The number of nitrogens with one attached hydrogen (secondary N) is 2. The predicted molar refractivity (Wildman–Crippen MR) is 134 cm³/mol. The topological polar surface area (TPSA) is 85.6 Å². The fourth-order valence-electron chi connectivity index (χ4n) is 3.67. The molecular weight excluding hydrogens is 450 g/mol. The number of furan rings is 1. The first-order valence-corrected chi connectivity index (χ1v) is 11.7. The number of anilines is 2. The summed E-state index contributed by atoms with van der Waals surface area (Å²) in [7, 11) is 3.25. The molecule has 7 nitrogen and oxygen atoms in total. The van der Waals surface area contributed by atoms with Gasteiger partial charge in [-0.1, -0.05) is 13.0 Å². The van der Waals surface area contributed by atoms with Gasteiger partial charge in [0, 0.05) is 27.8 Å². The number of rotatable bonds is 9. The van der Waals surface area contributed by atoms with E-state index >= 15 is 0 Å². The van der Waals surface area contributed by atoms with Crippen LogP contribution in [0.25, 0.3) is 0 Å². The normalized spacial score (nSPS) is 11.6. The van der Waals surface area contributed by atoms with E-state index in [1.807, 2.05) is 43.3 Å². The second-order valence-corrected chi connectivity index (χ2v) is 8.77. The summed E-state index contributed by atoms with van der Waals surface area (Å²) in [6.07, 6.45) is 2.32. The van der Waals surface area contributed by atoms with Crippen LogP contribution in [0.3, 0.4) is 0 Å². The fourth-order valence-corrected chi connectivity index (χ4v) is 4.70. The maximum Gasteiger partial charge on any atom is 0.291 e. The molecule has 0 radical (unpaired) electrons. The number of nitrogens with zero attached hydrogens (tertiary/aromatic N) is 1. The molecule has 0 saturated carbocycles. The van der Waals surface area contributed by atoms with Crippen molar-refractivity contribution in [2.24, 2.45) is 0 Å². The molecular formula is C26H27N3O4S. The SMILES string of the molecule is CCc1cc(C(Nc2cccc(C)n2)c2ccc(OC)cc2OC)c(NC(=O)c2ccco2)s1. The van der Waals surface area contributed by atoms with E-state index in [0.717, 1.165) is 38.9 Å². The van der Waals surface area contributed by atoms with Crippen molar-refractivity contribution in [3.63, 3.8) is 0 Å². The van der Waals surface area contributed by atoms with E-state index in [1.54, 1.807) is 37.7 Å². The molecule has 1 atom stereocenters. The van der Waals surface area contributed by atoms with Gasteiger partial charge in [0.25, 0.3) is 5.91 Å². The molecule has 2 N–H and O–H groups in total. The third kappa shape index (κ3) is 5.07. The van der Waals surface area contributed by atoms with Crippen molar-refractivity contribution >= 4 is 28.1 Å². The van der Waals surface area contributed by atoms with Crippen LogP contribution in [0.4, 0.5) is 10.8 Å². The minimum Gasteiger partial charge on any atom is -0.497 e. The number of aromatic nitrogens is 1. The summed E-state index contributed by atoms with van der Waals surface area (Å²) in [4.78, 5) is 18.6. The van der Waals surface area contributed by atoms with Crippen LogP contribution in [0.2, 0.25) is 0 Å². The van der Waals surface area contributed by atoms with Gasteiger partial charge in [-0.25, -0.2) is 4.98 Å². The first-order chi connectivity index (χ1) is 16.5. The molecule has 1 aromatic carbocycles. The van der Waals surface area contributed by atoms with E-state index in [9.17, 15) is 4.79 Å². The molecule has 0 fully saturated rings. The Morgan fingerprint density at radius 2 is 1.94 bits per heavy atom. The number of thiophene rings is 1. The summed E-state index contributed by atoms with van der Waals surface area (Å²) in [5.41, 5.74) is 2.70. The van der Waals surface area contributed by atoms with Gasteiger partial charge in [0.05, 0.1) is 26.5 Å². The quantitative estimate of drug-likeness (QED) is 0.304. The Labute approximate surface area is 202 Å². The lowest BCUT2D eigenvalue weighted by molar-refractivity contribution is 0.0997. The lowest BCUT2D eigenvalue weighted by atomic mass is 9.98. The summed E-state index contributed by atoms with van der Waals surface area (Å²) in [5, 5.41) is 7.32. The first-order valence-electron chi connectivity index (χ1n) is 10.9. The van der Waals surface area contributed by atoms with Crippen LogP contribution in [0.1, 0.15) is 45.2 Å². The zero-order chi connectivity index (χ0) is 24.1. The third-order valence-electron chi connectivity index (χ3n) is 5.38. The molecule has 0 aliphatic rings. The fraction of sp³-hybridized carbons (Fsp3) is 0.231. The molecule has 0 aliphatic heterocycles. The third-order valence-corrected chi connectivity index (χ3v) is 6.59. The number of pyridine rings is 1. The highest BCUT2D eigenvalue weighted by molar-refractivity contribution is 7.16. The van der Waals surface area contributed by atoms with Crippen LogP contribution in [0, 0.1) is 6.92 Å². The second-order valence-electron chi connectivity index (χ2n) is 7.63. The van der Waals surface area contributed by atoms with E-state index < -0.39 is 0 Å². The van der Waals surface area contributed by atoms with Gasteiger partial charge in [0.15, 0.2) is 5.76 Å². The number of aryl methyl sites for hydroxylation is 2. The van der Waals surface area contributed by atoms with E-state index in [2.05, 4.69) is 28.6 Å². The van der Waals surface area contributed by atoms with Crippen molar-refractivity contribution in [2.75, 3.05) is 24.9 Å². The largest absolute Gasteiger partial charge is 0.497 e. The van der Waals surface area contributed by atoms with Crippen LogP contribution >= 0.6 is 11.3 Å². The molecule has 0 spiro atoms. The first kappa shape index (κ1) is 23.4. The molecule has 1 amide bonds. The van der Waals surface area contributed by atoms with Gasteiger partial charge in [-0.05, 0) is 55.8 Å². The predicted octanol–water partition coefficient (Wildman–Crippen LogP) is 6.08. The smallest absolute Gasteiger partial charge is 0.291 e. The molecule has 0 bridgehead atoms. The van der Waals surface area contributed by atoms with Crippen molar-refractivity contribution in [3.8, 4) is 11.5 Å². The van der Waals surface area contributed by atoms with E-state index in [0.29, 0.717) is 11.5 Å². The molecule has 4 rings (SSSR count). The van der Waals surface area contributed by atoms with Gasteiger partial charge in [-0.2, -0.15) is 0 Å². The number of benzene rings is 1. The Balaban J connectivity index is 1.82. The van der Waals surface area contributed by atoms with Gasteiger partial charge in [-0.3, -0.25) is 4.79 Å². The summed E-state index contributed by atoms with van der Waals surface area (Å²) in [6, 6.07) is 16.6. The number of methoxy groups -OCH3 is 2. The number of carbonyl (C=O) groups excluding carboxylic acids is 1. The van der Waals surface area contributed by atoms with Crippen LogP contribution < -0.4 is 20.1 Å². The van der Waals surface area contributed by atoms with Crippen molar-refractivity contribution < 1.29 is 18.7 Å². The lowest BCUT2D eigenvalue weighted by Gasteiger charge is -2.23. The molecule has 8 heteroatoms. The molecule has 34 heavy (non-hydrogen) atoms. The Morgan fingerprint density at radius 3 is 2.62 bits per heavy atom. The Bertz CT molecular complexity index is 1270. The minimum absolute atomic E-state index is 0.254. The van der Waals surface area contributed by atoms with E-state index in [4.69, 9.17) is 13.9 Å². The van der Waals surface area contributed by atoms with Crippen molar-refractivity contribution in [2.45, 2.75) is 26.3 Å². The molecule has 0 saturated heterocycles. The van der Waals surface area contributed by atoms with Gasteiger partial charge >= 0.3 is 0 Å². The molecule has 0 aliphatic carbocycles. The summed E-state index contributed by atoms with van der Waals surface area (Å²) in [6.45, 7) is 4.04. The minimum atomic E-state index is -0.349. The number of ether oxygens (including phenoxy) is 2. The monoisotopic (exact) mass is 477 g/mol. The Kier molecular flexibility index (Phi) is 7.18. The van der Waals surface area contributed by atoms with Gasteiger partial charge < -0.3 is 24.5 Å². The molecule has 3 heterocycles. The maximum atomic E-state index is 12.8. The summed E-state index contributed by atoms with van der Waals surface area (Å²) >= 11 is 1.54. The highest BCUT2D eigenvalue weighted by Gasteiger charge is 2.26. The average Bonchev–Trinajstić information content (AvgIpc) is 3.53. The van der Waals surface area contributed by atoms with Crippen LogP contribution in [-0.2, 0) is 6.42 Å². The zero-order valence-electron chi connectivity index (χ0n) is 19.5. The Hall–Kier alpha value is -3.78. The van der Waals surface area contributed by atoms with Crippen molar-refractivity contribution in [1.29, 1.82) is 0 Å². The van der Waals surface area contributed by atoms with Gasteiger partial charge in [0.2, 0.25) is 0 Å². The zero-order valence-corrected chi connectivity index (χ0v) is 20.4. The number of carbonyl (C=O) groups is 1. The summed E-state index contributed by atoms with van der Waals surface area (Å²) in [5.74, 6) is 2.03. The lowest BCUT2D eigenvalue weighted by Crippen LogP contribution is -2.17. The average molecular weight is 478 g/mol. The Morgan fingerprint density at radius 1 is 1.09 bits per heavy atom. The number of hydrogen-bond acceptors (Lipinski definition) is 7. The number of hydrogen-bond donors (Lipinski definition) is 2. The van der Waals surface area contributed by atoms with Crippen LogP contribution in [-0.4, -0.2) is 25.1 Å². The molecule has 176 valence electrons. The van der Waals surface area contributed by atoms with Crippen molar-refractivity contribution in [3.05, 3.63) is 88.3 Å². The highest BCUT2D eigenvalue weighted by Crippen LogP contribution is 2.41. The van der Waals surface area contributed by atoms with Crippen LogP contribution in [0.5, 0.6) is 11.5 Å². The highest BCUT2D eigenvalue weighted by atomic mass is 32.1. The molecule has 3 aromatic heterocycles. The molecule has 1 unspecified atom stereocenters. The number of amides is 1. The maximum absolute atomic E-state index is 12.8. The molecule has 4 aromatic rings. The van der Waals surface area contributed by atoms with Gasteiger partial charge in [0.1, 0.15) is 22.3 Å². The van der Waals surface area contributed by atoms with Crippen molar-refractivity contribution in [1.82, 2.24) is 4.98 Å². The second kappa shape index (κ2) is 10.4. The van der Waals surface area contributed by atoms with E-state index in [-0.39, 0.29) is 17.7 Å². The van der Waals surface area contributed by atoms with E-state index in [1.165, 1.54) is 6.26 Å². The standard InChI is InChI=1S/C26H27N3O4S/c1-5-18-15-20(26(34-18)29-25(30)21-9-7-13-33-21)24(28-23-10-6-8-16(2)27-23)19-12-11-17(31-3)14-22(19)32-4/h6-15,24H,5H2,1-4H3,(H,27,28)(H,29,30). The summed E-state index contributed by atoms with van der Waals surface area (Å²) < 4.78 is 16.4. The van der Waals surface area contributed by atoms with Crippen LogP contribution in [0.15, 0.2) is 65.3 Å².